The van der Waals surface area contributed by atoms with Gasteiger partial charge in [0, 0.05) is 13.0 Å². The zero-order chi connectivity index (χ0) is 14.8. The van der Waals surface area contributed by atoms with Gasteiger partial charge in [0.15, 0.2) is 0 Å². The summed E-state index contributed by atoms with van der Waals surface area (Å²) in [7, 11) is -1.27. The second-order valence-electron chi connectivity index (χ2n) is 6.67. The first kappa shape index (κ1) is 16.1. The molecule has 1 fully saturated rings. The lowest BCUT2D eigenvalue weighted by Crippen LogP contribution is -2.35. The van der Waals surface area contributed by atoms with Gasteiger partial charge in [-0.3, -0.25) is 0 Å². The van der Waals surface area contributed by atoms with Crippen LogP contribution in [0.15, 0.2) is 4.40 Å². The number of rotatable bonds is 1. The summed E-state index contributed by atoms with van der Waals surface area (Å²) in [5.41, 5.74) is 0.310. The second-order valence-corrected chi connectivity index (χ2v) is 8.58. The monoisotopic (exact) mass is 288 g/mol. The molecule has 1 amide bonds. The first-order valence-corrected chi connectivity index (χ1v) is 7.56. The molecule has 0 aromatic carbocycles. The van der Waals surface area contributed by atoms with Crippen LogP contribution in [0.4, 0.5) is 4.79 Å². The Kier molecular flexibility index (Phi) is 4.76. The third kappa shape index (κ3) is 5.30. The fourth-order valence-electron chi connectivity index (χ4n) is 1.45. The molecule has 1 rings (SSSR count). The maximum Gasteiger partial charge on any atom is 0.410 e. The zero-order valence-electron chi connectivity index (χ0n) is 12.6. The van der Waals surface area contributed by atoms with E-state index in [1.54, 1.807) is 4.90 Å². The van der Waals surface area contributed by atoms with Crippen molar-refractivity contribution in [3.63, 3.8) is 0 Å². The van der Waals surface area contributed by atoms with Crippen LogP contribution in [0.25, 0.3) is 0 Å². The predicted molar refractivity (Wildman–Crippen MR) is 77.8 cm³/mol. The summed E-state index contributed by atoms with van der Waals surface area (Å²) < 4.78 is 21.1. The number of amides is 1. The predicted octanol–water partition coefficient (Wildman–Crippen LogP) is 2.53. The third-order valence-corrected chi connectivity index (χ3v) is 3.90. The molecule has 1 aliphatic heterocycles. The summed E-state index contributed by atoms with van der Waals surface area (Å²) >= 11 is 0. The van der Waals surface area contributed by atoms with Crippen LogP contribution < -0.4 is 0 Å². The molecule has 0 aliphatic carbocycles. The van der Waals surface area contributed by atoms with Crippen molar-refractivity contribution in [1.82, 2.24) is 4.90 Å². The fourth-order valence-corrected chi connectivity index (χ4v) is 2.11. The summed E-state index contributed by atoms with van der Waals surface area (Å²) in [6.07, 6.45) is 0.334. The van der Waals surface area contributed by atoms with Crippen LogP contribution in [-0.4, -0.2) is 44.4 Å². The molecule has 0 bridgehead atoms. The van der Waals surface area contributed by atoms with Crippen LogP contribution in [-0.2, 0) is 15.7 Å². The minimum absolute atomic E-state index is 0.334. The normalized spacial score (nSPS) is 20.7. The van der Waals surface area contributed by atoms with E-state index in [1.807, 2.05) is 41.5 Å². The number of likely N-dealkylation sites (tertiary alicyclic amines) is 1. The quantitative estimate of drug-likeness (QED) is 0.745. The van der Waals surface area contributed by atoms with Gasteiger partial charge in [-0.25, -0.2) is 9.00 Å². The van der Waals surface area contributed by atoms with Crippen LogP contribution in [0.1, 0.15) is 48.0 Å². The van der Waals surface area contributed by atoms with Gasteiger partial charge >= 0.3 is 6.09 Å². The molecule has 1 saturated heterocycles. The second kappa shape index (κ2) is 5.61. The van der Waals surface area contributed by atoms with Gasteiger partial charge in [-0.2, -0.15) is 4.40 Å². The van der Waals surface area contributed by atoms with Crippen LogP contribution in [0, 0.1) is 0 Å². The molecule has 6 heteroatoms. The van der Waals surface area contributed by atoms with E-state index in [1.165, 1.54) is 0 Å². The number of nitrogens with zero attached hydrogens (tertiary/aromatic N) is 2. The van der Waals surface area contributed by atoms with E-state index < -0.39 is 16.6 Å². The Morgan fingerprint density at radius 1 is 1.26 bits per heavy atom. The molecule has 1 aliphatic rings. The molecule has 1 atom stereocenters. The highest BCUT2D eigenvalue weighted by Crippen LogP contribution is 2.17. The number of ether oxygens (including phenoxy) is 1. The van der Waals surface area contributed by atoms with Crippen LogP contribution in [0.2, 0.25) is 0 Å². The maximum absolute atomic E-state index is 11.9. The lowest BCUT2D eigenvalue weighted by Gasteiger charge is -2.23. The Bertz CT molecular complexity index is 405. The van der Waals surface area contributed by atoms with Crippen LogP contribution in [0.5, 0.6) is 0 Å². The van der Waals surface area contributed by atoms with Gasteiger partial charge in [-0.05, 0) is 41.5 Å². The Morgan fingerprint density at radius 2 is 1.84 bits per heavy atom. The van der Waals surface area contributed by atoms with Gasteiger partial charge in [0.1, 0.15) is 16.6 Å². The molecule has 0 spiro atoms. The lowest BCUT2D eigenvalue weighted by molar-refractivity contribution is 0.0302. The van der Waals surface area contributed by atoms with Gasteiger partial charge in [-0.1, -0.05) is 0 Å². The molecule has 5 nitrogen and oxygen atoms in total. The highest BCUT2D eigenvalue weighted by atomic mass is 32.2. The topological polar surface area (TPSA) is 59.0 Å². The number of carbonyl (C=O) groups is 1. The zero-order valence-corrected chi connectivity index (χ0v) is 13.5. The van der Waals surface area contributed by atoms with Crippen LogP contribution >= 0.6 is 0 Å². The number of hydrogen-bond acceptors (Lipinski definition) is 3. The fraction of sp³-hybridized carbons (Fsp3) is 0.846. The molecule has 0 aromatic heterocycles. The minimum Gasteiger partial charge on any atom is -0.444 e. The van der Waals surface area contributed by atoms with Crippen molar-refractivity contribution in [3.05, 3.63) is 0 Å². The lowest BCUT2D eigenvalue weighted by atomic mass is 10.2. The van der Waals surface area contributed by atoms with E-state index >= 15 is 0 Å². The average Bonchev–Trinajstić information content (AvgIpc) is 2.62. The van der Waals surface area contributed by atoms with Crippen molar-refractivity contribution in [2.45, 2.75) is 58.3 Å². The largest absolute Gasteiger partial charge is 0.444 e. The van der Waals surface area contributed by atoms with Gasteiger partial charge in [0.05, 0.1) is 17.0 Å². The van der Waals surface area contributed by atoms with Gasteiger partial charge < -0.3 is 9.64 Å². The Hall–Kier alpha value is -0.910. The van der Waals surface area contributed by atoms with E-state index in [0.717, 1.165) is 5.71 Å². The number of hydrogen-bond donors (Lipinski definition) is 0. The van der Waals surface area contributed by atoms with Crippen molar-refractivity contribution < 1.29 is 13.7 Å². The van der Waals surface area contributed by atoms with Crippen LogP contribution in [0.3, 0.4) is 0 Å². The van der Waals surface area contributed by atoms with E-state index in [2.05, 4.69) is 4.40 Å². The van der Waals surface area contributed by atoms with Gasteiger partial charge in [0.25, 0.3) is 0 Å². The SMILES string of the molecule is CC(C)(C)OC(=O)N1CCC(=NS(=O)C(C)(C)C)C1. The van der Waals surface area contributed by atoms with Crippen molar-refractivity contribution in [1.29, 1.82) is 0 Å². The average molecular weight is 288 g/mol. The molecule has 0 radical (unpaired) electrons. The van der Waals surface area contributed by atoms with Gasteiger partial charge in [-0.15, -0.1) is 0 Å². The maximum atomic E-state index is 11.9. The Balaban J connectivity index is 2.62. The highest BCUT2D eigenvalue weighted by Gasteiger charge is 2.28. The summed E-state index contributed by atoms with van der Waals surface area (Å²) in [5.74, 6) is 0. The molecule has 1 unspecified atom stereocenters. The van der Waals surface area contributed by atoms with Gasteiger partial charge in [0.2, 0.25) is 0 Å². The minimum atomic E-state index is -1.27. The highest BCUT2D eigenvalue weighted by molar-refractivity contribution is 7.85. The summed E-state index contributed by atoms with van der Waals surface area (Å²) in [4.78, 5) is 13.5. The standard InChI is InChI=1S/C13H24N2O3S/c1-12(2,3)18-11(16)15-8-7-10(9-15)14-19(17)13(4,5)6/h7-9H2,1-6H3. The van der Waals surface area contributed by atoms with E-state index in [-0.39, 0.29) is 10.8 Å². The first-order valence-electron chi connectivity index (χ1n) is 6.45. The van der Waals surface area contributed by atoms with Crippen molar-refractivity contribution in [3.8, 4) is 0 Å². The molecular formula is C13H24N2O3S. The Labute approximate surface area is 118 Å². The third-order valence-electron chi connectivity index (χ3n) is 2.43. The summed E-state index contributed by atoms with van der Waals surface area (Å²) in [5, 5.41) is 0. The molecule has 1 heterocycles. The van der Waals surface area contributed by atoms with E-state index in [4.69, 9.17) is 4.74 Å². The Morgan fingerprint density at radius 3 is 2.32 bits per heavy atom. The molecule has 0 saturated carbocycles. The number of carbonyl (C=O) groups excluding carboxylic acids is 1. The summed E-state index contributed by atoms with van der Waals surface area (Å²) in [6, 6.07) is 0. The first-order chi connectivity index (χ1) is 8.49. The van der Waals surface area contributed by atoms with E-state index in [0.29, 0.717) is 19.5 Å². The van der Waals surface area contributed by atoms with Crippen molar-refractivity contribution in [2.75, 3.05) is 13.1 Å². The molecule has 0 aromatic rings. The molecule has 0 N–H and O–H groups in total. The molecular weight excluding hydrogens is 264 g/mol. The van der Waals surface area contributed by atoms with E-state index in [9.17, 15) is 9.00 Å². The van der Waals surface area contributed by atoms with Crippen molar-refractivity contribution in [2.24, 2.45) is 4.40 Å². The molecule has 110 valence electrons. The molecule has 19 heavy (non-hydrogen) atoms. The summed E-state index contributed by atoms with van der Waals surface area (Å²) in [6.45, 7) is 12.2. The smallest absolute Gasteiger partial charge is 0.410 e. The van der Waals surface area contributed by atoms with Crippen molar-refractivity contribution >= 4 is 22.8 Å².